The number of hydrogen-bond donors (Lipinski definition) is 1. The Bertz CT molecular complexity index is 599. The number of halogens is 1. The predicted octanol–water partition coefficient (Wildman–Crippen LogP) is 3.81. The normalized spacial score (nSPS) is 10.6. The molecule has 0 radical (unpaired) electrons. The minimum absolute atomic E-state index is 0.696. The average Bonchev–Trinajstić information content (AvgIpc) is 2.55. The van der Waals surface area contributed by atoms with E-state index in [-0.39, 0.29) is 0 Å². The van der Waals surface area contributed by atoms with Crippen molar-refractivity contribution in [2.45, 2.75) is 33.1 Å². The molecule has 6 heteroatoms. The molecule has 124 valence electrons. The summed E-state index contributed by atoms with van der Waals surface area (Å²) in [6.45, 7) is 6.98. The van der Waals surface area contributed by atoms with Crippen LogP contribution in [0.1, 0.15) is 32.3 Å². The maximum absolute atomic E-state index is 6.00. The highest BCUT2D eigenvalue weighted by Crippen LogP contribution is 2.13. The SMILES string of the molecule is CCCN(CCC)c1nncc(NCCc2cccc(Cl)c2)n1. The van der Waals surface area contributed by atoms with Crippen molar-refractivity contribution < 1.29 is 0 Å². The van der Waals surface area contributed by atoms with E-state index in [4.69, 9.17) is 11.6 Å². The van der Waals surface area contributed by atoms with Crippen LogP contribution in [-0.4, -0.2) is 34.8 Å². The average molecular weight is 334 g/mol. The lowest BCUT2D eigenvalue weighted by Crippen LogP contribution is -2.27. The topological polar surface area (TPSA) is 53.9 Å². The molecule has 1 aromatic heterocycles. The number of nitrogens with one attached hydrogen (secondary N) is 1. The van der Waals surface area contributed by atoms with Crippen molar-refractivity contribution in [3.8, 4) is 0 Å². The molecule has 0 aliphatic carbocycles. The maximum Gasteiger partial charge on any atom is 0.247 e. The molecule has 0 bridgehead atoms. The van der Waals surface area contributed by atoms with Crippen molar-refractivity contribution in [1.29, 1.82) is 0 Å². The summed E-state index contributed by atoms with van der Waals surface area (Å²) in [5.41, 5.74) is 1.20. The second-order valence-corrected chi connectivity index (χ2v) is 5.87. The van der Waals surface area contributed by atoms with E-state index in [9.17, 15) is 0 Å². The molecule has 0 atom stereocenters. The van der Waals surface area contributed by atoms with Gasteiger partial charge in [-0.3, -0.25) is 0 Å². The molecule has 0 saturated heterocycles. The lowest BCUT2D eigenvalue weighted by molar-refractivity contribution is 0.710. The number of hydrogen-bond acceptors (Lipinski definition) is 5. The fraction of sp³-hybridized carbons (Fsp3) is 0.471. The highest BCUT2D eigenvalue weighted by molar-refractivity contribution is 6.30. The Morgan fingerprint density at radius 3 is 2.65 bits per heavy atom. The Balaban J connectivity index is 1.94. The van der Waals surface area contributed by atoms with Crippen molar-refractivity contribution in [3.63, 3.8) is 0 Å². The van der Waals surface area contributed by atoms with Gasteiger partial charge in [0.15, 0.2) is 5.82 Å². The molecule has 5 nitrogen and oxygen atoms in total. The Morgan fingerprint density at radius 1 is 1.17 bits per heavy atom. The summed E-state index contributed by atoms with van der Waals surface area (Å²) in [6.07, 6.45) is 4.68. The van der Waals surface area contributed by atoms with Gasteiger partial charge in [-0.05, 0) is 37.0 Å². The zero-order chi connectivity index (χ0) is 16.5. The Hall–Kier alpha value is -1.88. The van der Waals surface area contributed by atoms with Crippen molar-refractivity contribution in [2.75, 3.05) is 29.9 Å². The minimum atomic E-state index is 0.696. The molecule has 0 aliphatic heterocycles. The standard InChI is InChI=1S/C17H24ClN5/c1-3-10-23(11-4-2)17-21-16(13-20-22-17)19-9-8-14-6-5-7-15(18)12-14/h5-7,12-13H,3-4,8-11H2,1-2H3,(H,19,21,22). The Labute approximate surface area is 143 Å². The molecule has 0 spiro atoms. The fourth-order valence-corrected chi connectivity index (χ4v) is 2.61. The second kappa shape index (κ2) is 9.30. The van der Waals surface area contributed by atoms with Gasteiger partial charge in [0.05, 0.1) is 6.20 Å². The highest BCUT2D eigenvalue weighted by Gasteiger charge is 2.09. The van der Waals surface area contributed by atoms with Gasteiger partial charge < -0.3 is 10.2 Å². The number of aromatic nitrogens is 3. The molecule has 1 N–H and O–H groups in total. The molecular weight excluding hydrogens is 310 g/mol. The zero-order valence-electron chi connectivity index (χ0n) is 13.8. The molecule has 0 amide bonds. The summed E-state index contributed by atoms with van der Waals surface area (Å²) < 4.78 is 0. The number of benzene rings is 1. The number of rotatable bonds is 9. The van der Waals surface area contributed by atoms with E-state index >= 15 is 0 Å². The van der Waals surface area contributed by atoms with Gasteiger partial charge in [0.1, 0.15) is 0 Å². The van der Waals surface area contributed by atoms with Gasteiger partial charge in [-0.2, -0.15) is 10.1 Å². The lowest BCUT2D eigenvalue weighted by atomic mass is 10.1. The molecule has 0 unspecified atom stereocenters. The van der Waals surface area contributed by atoms with Crippen LogP contribution in [0.25, 0.3) is 0 Å². The van der Waals surface area contributed by atoms with Crippen molar-refractivity contribution in [2.24, 2.45) is 0 Å². The van der Waals surface area contributed by atoms with Gasteiger partial charge in [-0.15, -0.1) is 5.10 Å². The van der Waals surface area contributed by atoms with Crippen LogP contribution in [0, 0.1) is 0 Å². The van der Waals surface area contributed by atoms with E-state index < -0.39 is 0 Å². The van der Waals surface area contributed by atoms with Crippen LogP contribution in [0.3, 0.4) is 0 Å². The van der Waals surface area contributed by atoms with E-state index in [0.29, 0.717) is 5.95 Å². The summed E-state index contributed by atoms with van der Waals surface area (Å²) in [7, 11) is 0. The van der Waals surface area contributed by atoms with Crippen molar-refractivity contribution in [1.82, 2.24) is 15.2 Å². The van der Waals surface area contributed by atoms with Crippen LogP contribution < -0.4 is 10.2 Å². The first-order chi connectivity index (χ1) is 11.2. The molecule has 1 heterocycles. The van der Waals surface area contributed by atoms with Gasteiger partial charge in [-0.1, -0.05) is 37.6 Å². The predicted molar refractivity (Wildman–Crippen MR) is 96.3 cm³/mol. The molecular formula is C17H24ClN5. The summed E-state index contributed by atoms with van der Waals surface area (Å²) in [5.74, 6) is 1.45. The lowest BCUT2D eigenvalue weighted by Gasteiger charge is -2.21. The van der Waals surface area contributed by atoms with E-state index in [0.717, 1.165) is 49.7 Å². The monoisotopic (exact) mass is 333 g/mol. The largest absolute Gasteiger partial charge is 0.368 e. The molecule has 0 aliphatic rings. The smallest absolute Gasteiger partial charge is 0.247 e. The van der Waals surface area contributed by atoms with Crippen LogP contribution in [0.4, 0.5) is 11.8 Å². The molecule has 23 heavy (non-hydrogen) atoms. The maximum atomic E-state index is 6.00. The fourth-order valence-electron chi connectivity index (χ4n) is 2.39. The van der Waals surface area contributed by atoms with E-state index in [1.165, 1.54) is 5.56 Å². The van der Waals surface area contributed by atoms with Crippen LogP contribution in [0.15, 0.2) is 30.5 Å². The first kappa shape index (κ1) is 17.5. The van der Waals surface area contributed by atoms with Crippen LogP contribution in [-0.2, 0) is 6.42 Å². The molecule has 2 rings (SSSR count). The summed E-state index contributed by atoms with van der Waals surface area (Å²) >= 11 is 6.00. The summed E-state index contributed by atoms with van der Waals surface area (Å²) in [6, 6.07) is 7.91. The van der Waals surface area contributed by atoms with Crippen molar-refractivity contribution in [3.05, 3.63) is 41.0 Å². The van der Waals surface area contributed by atoms with Crippen LogP contribution >= 0.6 is 11.6 Å². The van der Waals surface area contributed by atoms with E-state index in [1.54, 1.807) is 6.20 Å². The molecule has 0 fully saturated rings. The van der Waals surface area contributed by atoms with Crippen LogP contribution in [0.5, 0.6) is 0 Å². The molecule has 0 saturated carbocycles. The van der Waals surface area contributed by atoms with Gasteiger partial charge in [0, 0.05) is 24.7 Å². The zero-order valence-corrected chi connectivity index (χ0v) is 14.6. The van der Waals surface area contributed by atoms with Crippen molar-refractivity contribution >= 4 is 23.4 Å². The third-order valence-corrected chi connectivity index (χ3v) is 3.66. The summed E-state index contributed by atoms with van der Waals surface area (Å²) in [4.78, 5) is 6.75. The highest BCUT2D eigenvalue weighted by atomic mass is 35.5. The Morgan fingerprint density at radius 2 is 1.96 bits per heavy atom. The second-order valence-electron chi connectivity index (χ2n) is 5.44. The minimum Gasteiger partial charge on any atom is -0.368 e. The van der Waals surface area contributed by atoms with E-state index in [2.05, 4.69) is 45.3 Å². The van der Waals surface area contributed by atoms with Crippen LogP contribution in [0.2, 0.25) is 5.02 Å². The quantitative estimate of drug-likeness (QED) is 0.756. The molecule has 2 aromatic rings. The number of nitrogens with zero attached hydrogens (tertiary/aromatic N) is 4. The first-order valence-corrected chi connectivity index (χ1v) is 8.53. The summed E-state index contributed by atoms with van der Waals surface area (Å²) in [5, 5.41) is 12.3. The van der Waals surface area contributed by atoms with Gasteiger partial charge in [0.25, 0.3) is 0 Å². The van der Waals surface area contributed by atoms with E-state index in [1.807, 2.05) is 18.2 Å². The molecule has 1 aromatic carbocycles. The first-order valence-electron chi connectivity index (χ1n) is 8.16. The third-order valence-electron chi connectivity index (χ3n) is 3.43. The van der Waals surface area contributed by atoms with Gasteiger partial charge >= 0.3 is 0 Å². The third kappa shape index (κ3) is 5.67. The van der Waals surface area contributed by atoms with Gasteiger partial charge in [0.2, 0.25) is 5.95 Å². The number of anilines is 2. The Kier molecular flexibility index (Phi) is 7.07. The van der Waals surface area contributed by atoms with Gasteiger partial charge in [-0.25, -0.2) is 0 Å².